The van der Waals surface area contributed by atoms with Crippen molar-refractivity contribution < 1.29 is 24.0 Å². The van der Waals surface area contributed by atoms with Gasteiger partial charge in [0.15, 0.2) is 6.61 Å². The van der Waals surface area contributed by atoms with E-state index in [9.17, 15) is 29.3 Å². The van der Waals surface area contributed by atoms with E-state index in [0.717, 1.165) is 32.7 Å². The molecule has 4 aliphatic rings. The van der Waals surface area contributed by atoms with Gasteiger partial charge in [0, 0.05) is 39.3 Å². The summed E-state index contributed by atoms with van der Waals surface area (Å²) in [5.74, 6) is -1.54. The molecule has 250 valence electrons. The van der Waals surface area contributed by atoms with Crippen molar-refractivity contribution in [1.29, 1.82) is 0 Å². The molecule has 0 spiro atoms. The number of nitrogens with zero attached hydrogens (tertiary/aromatic N) is 2. The molecule has 1 aromatic heterocycles. The number of nitro groups is 1. The van der Waals surface area contributed by atoms with E-state index in [1.165, 1.54) is 40.5 Å². The van der Waals surface area contributed by atoms with Gasteiger partial charge in [-0.1, -0.05) is 59.9 Å². The number of thiazole rings is 1. The first kappa shape index (κ1) is 30.8. The van der Waals surface area contributed by atoms with Crippen molar-refractivity contribution in [3.8, 4) is 5.75 Å². The highest BCUT2D eigenvalue weighted by molar-refractivity contribution is 8.00. The number of ether oxygens (including phenoxy) is 1. The van der Waals surface area contributed by atoms with Crippen LogP contribution in [0.5, 0.6) is 5.75 Å². The Morgan fingerprint density at radius 2 is 1.64 bits per heavy atom. The van der Waals surface area contributed by atoms with E-state index in [-0.39, 0.29) is 63.8 Å². The second kappa shape index (κ2) is 11.7. The molecule has 2 N–H and O–H groups in total. The average Bonchev–Trinajstić information content (AvgIpc) is 3.86. The Hall–Kier alpha value is -5.27. The number of imide groups is 1. The summed E-state index contributed by atoms with van der Waals surface area (Å²) >= 11 is 2.79. The van der Waals surface area contributed by atoms with Crippen LogP contribution >= 0.6 is 23.1 Å². The van der Waals surface area contributed by atoms with Crippen LogP contribution in [-0.4, -0.2) is 39.5 Å². The number of thioether (sulfide) groups is 1. The number of carbonyl (C=O) groups excluding carboxylic acids is 3. The highest BCUT2D eigenvalue weighted by Gasteiger charge is 2.69. The van der Waals surface area contributed by atoms with Gasteiger partial charge in [0.1, 0.15) is 5.75 Å². The lowest BCUT2D eigenvalue weighted by Gasteiger charge is -2.43. The number of nitro benzene ring substituents is 1. The van der Waals surface area contributed by atoms with E-state index in [2.05, 4.69) is 10.3 Å². The van der Waals surface area contributed by atoms with Gasteiger partial charge in [-0.05, 0) is 65.5 Å². The highest BCUT2D eigenvalue weighted by atomic mass is 32.2. The topological polar surface area (TPSA) is 152 Å². The van der Waals surface area contributed by atoms with Gasteiger partial charge >= 0.3 is 4.87 Å². The van der Waals surface area contributed by atoms with Crippen molar-refractivity contribution >= 4 is 68.7 Å². The van der Waals surface area contributed by atoms with Crippen LogP contribution in [0.3, 0.4) is 0 Å². The minimum absolute atomic E-state index is 0.0111. The molecule has 9 rings (SSSR count). The van der Waals surface area contributed by atoms with Gasteiger partial charge in [0.2, 0.25) is 11.8 Å². The zero-order chi connectivity index (χ0) is 34.3. The summed E-state index contributed by atoms with van der Waals surface area (Å²) in [4.78, 5) is 69.0. The fraction of sp³-hybridized carbons (Fsp3) is 0.243. The van der Waals surface area contributed by atoms with Crippen LogP contribution in [0.15, 0.2) is 101 Å². The Kier molecular flexibility index (Phi) is 7.18. The quantitative estimate of drug-likeness (QED) is 0.116. The zero-order valence-electron chi connectivity index (χ0n) is 26.2. The number of amides is 3. The Labute approximate surface area is 292 Å². The van der Waals surface area contributed by atoms with Gasteiger partial charge in [-0.15, -0.1) is 11.8 Å². The molecule has 5 aromatic rings. The van der Waals surface area contributed by atoms with Gasteiger partial charge < -0.3 is 15.0 Å². The molecule has 11 nitrogen and oxygen atoms in total. The van der Waals surface area contributed by atoms with Crippen LogP contribution < -0.4 is 19.8 Å². The number of nitrogens with one attached hydrogen (secondary N) is 2. The van der Waals surface area contributed by atoms with Crippen LogP contribution in [-0.2, 0) is 14.4 Å². The lowest BCUT2D eigenvalue weighted by molar-refractivity contribution is -0.384. The van der Waals surface area contributed by atoms with Crippen molar-refractivity contribution in [3.05, 3.63) is 121 Å². The molecule has 0 radical (unpaired) electrons. The van der Waals surface area contributed by atoms with Gasteiger partial charge in [-0.3, -0.25) is 34.2 Å². The molecule has 2 saturated carbocycles. The molecule has 2 aliphatic heterocycles. The number of carbonyl (C=O) groups is 3. The molecule has 2 bridgehead atoms. The van der Waals surface area contributed by atoms with Gasteiger partial charge in [0.05, 0.1) is 27.5 Å². The minimum Gasteiger partial charge on any atom is -0.484 e. The second-order valence-corrected chi connectivity index (χ2v) is 15.4. The molecule has 7 atom stereocenters. The maximum atomic E-state index is 14.0. The first-order chi connectivity index (χ1) is 24.3. The maximum absolute atomic E-state index is 14.0. The number of non-ortho nitro benzene ring substituents is 1. The Bertz CT molecular complexity index is 2280. The Morgan fingerprint density at radius 3 is 2.40 bits per heavy atom. The standard InChI is InChI=1S/C37H28N4O7S2/c42-27(38-26-7-3-5-18-4-1-2-6-23(18)26)17-48-22-14-8-19(9-15-22)28-29-24-16-25(32(29)49-34-33(28)50-37(45)39-34)31-30(24)35(43)40(36(31)44)20-10-12-21(13-11-20)41(46)47/h1-15,24-25,28-32H,16-17H2,(H,38,42)(H,39,45)/t24-,25-,28+,29-,30+,31+,32-/m1/s1. The van der Waals surface area contributed by atoms with Gasteiger partial charge in [-0.2, -0.15) is 0 Å². The summed E-state index contributed by atoms with van der Waals surface area (Å²) in [7, 11) is 0. The Balaban J connectivity index is 0.961. The minimum atomic E-state index is -0.514. The number of anilines is 2. The summed E-state index contributed by atoms with van der Waals surface area (Å²) in [6, 6.07) is 26.6. The smallest absolute Gasteiger partial charge is 0.305 e. The molecule has 3 fully saturated rings. The maximum Gasteiger partial charge on any atom is 0.305 e. The molecule has 3 amide bonds. The molecular weight excluding hydrogens is 677 g/mol. The first-order valence-corrected chi connectivity index (χ1v) is 18.0. The lowest BCUT2D eigenvalue weighted by Crippen LogP contribution is -2.42. The van der Waals surface area contributed by atoms with Crippen LogP contribution in [0, 0.1) is 39.7 Å². The third kappa shape index (κ3) is 4.78. The number of rotatable bonds is 7. The van der Waals surface area contributed by atoms with Crippen molar-refractivity contribution in [1.82, 2.24) is 4.98 Å². The molecule has 1 saturated heterocycles. The van der Waals surface area contributed by atoms with Crippen molar-refractivity contribution in [3.63, 3.8) is 0 Å². The zero-order valence-corrected chi connectivity index (χ0v) is 27.8. The fourth-order valence-electron chi connectivity index (χ4n) is 8.81. The van der Waals surface area contributed by atoms with Crippen LogP contribution in [0.2, 0.25) is 0 Å². The number of benzene rings is 4. The number of aromatic nitrogens is 1. The monoisotopic (exact) mass is 704 g/mol. The van der Waals surface area contributed by atoms with Crippen molar-refractivity contribution in [2.75, 3.05) is 16.8 Å². The van der Waals surface area contributed by atoms with E-state index >= 15 is 0 Å². The van der Waals surface area contributed by atoms with E-state index in [1.54, 1.807) is 11.8 Å². The first-order valence-electron chi connectivity index (χ1n) is 16.3. The van der Waals surface area contributed by atoms with E-state index in [4.69, 9.17) is 4.74 Å². The summed E-state index contributed by atoms with van der Waals surface area (Å²) in [5.41, 5.74) is 1.91. The largest absolute Gasteiger partial charge is 0.484 e. The second-order valence-electron chi connectivity index (χ2n) is 13.2. The summed E-state index contributed by atoms with van der Waals surface area (Å²) in [5, 5.41) is 16.9. The molecule has 4 aromatic carbocycles. The number of hydrogen-bond acceptors (Lipinski definition) is 9. The molecular formula is C37H28N4O7S2. The summed E-state index contributed by atoms with van der Waals surface area (Å²) in [6.45, 7) is -0.175. The van der Waals surface area contributed by atoms with Crippen LogP contribution in [0.1, 0.15) is 22.8 Å². The van der Waals surface area contributed by atoms with Gasteiger partial charge in [0.25, 0.3) is 11.6 Å². The van der Waals surface area contributed by atoms with Crippen molar-refractivity contribution in [2.45, 2.75) is 22.6 Å². The lowest BCUT2D eigenvalue weighted by atomic mass is 9.68. The predicted molar refractivity (Wildman–Crippen MR) is 189 cm³/mol. The highest BCUT2D eigenvalue weighted by Crippen LogP contribution is 2.68. The Morgan fingerprint density at radius 1 is 0.920 bits per heavy atom. The van der Waals surface area contributed by atoms with E-state index in [1.807, 2.05) is 66.7 Å². The van der Waals surface area contributed by atoms with E-state index < -0.39 is 16.8 Å². The van der Waals surface area contributed by atoms with Crippen molar-refractivity contribution in [2.24, 2.45) is 29.6 Å². The summed E-state index contributed by atoms with van der Waals surface area (Å²) < 4.78 is 5.87. The van der Waals surface area contributed by atoms with Crippen LogP contribution in [0.25, 0.3) is 10.8 Å². The number of H-pyrrole nitrogens is 1. The molecule has 13 heteroatoms. The normalized spacial score (nSPS) is 26.1. The number of fused-ring (bicyclic) bond motifs is 10. The number of hydrogen-bond donors (Lipinski definition) is 2. The van der Waals surface area contributed by atoms with Crippen LogP contribution in [0.4, 0.5) is 17.1 Å². The average molecular weight is 705 g/mol. The predicted octanol–water partition coefficient (Wildman–Crippen LogP) is 6.19. The van der Waals surface area contributed by atoms with E-state index in [0.29, 0.717) is 17.1 Å². The molecule has 3 heterocycles. The SMILES string of the molecule is O=C(COc1ccc([C@@H]2c3sc(=O)[nH]c3S[C@@H]3[C@@H]4C[C@@H]([C@@H]5C(=O)N(c6ccc([N+](=O)[O-])cc6)C(=O)[C@@H]45)[C@H]23)cc1)Nc1cccc2ccccc12. The third-order valence-electron chi connectivity index (χ3n) is 10.7. The molecule has 2 aliphatic carbocycles. The fourth-order valence-corrected chi connectivity index (χ4v) is 11.7. The molecule has 50 heavy (non-hydrogen) atoms. The number of aromatic amines is 1. The third-order valence-corrected chi connectivity index (χ3v) is 13.3. The van der Waals surface area contributed by atoms with Gasteiger partial charge in [-0.25, -0.2) is 0 Å². The summed E-state index contributed by atoms with van der Waals surface area (Å²) in [6.07, 6.45) is 0.742. The molecule has 0 unspecified atom stereocenters.